The van der Waals surface area contributed by atoms with Gasteiger partial charge >= 0.3 is 0 Å². The Labute approximate surface area is 283 Å². The topological polar surface area (TPSA) is 50.2 Å². The molecule has 0 atom stereocenters. The monoisotopic (exact) mass is 777 g/mol. The molecule has 5 rings (SSSR count). The second-order valence-electron chi connectivity index (χ2n) is 13.2. The third kappa shape index (κ3) is 7.98. The van der Waals surface area contributed by atoms with Gasteiger partial charge in [0, 0.05) is 43.2 Å². The Balaban J connectivity index is 0.000000297. The van der Waals surface area contributed by atoms with Crippen LogP contribution in [0.5, 0.6) is 0 Å². The number of ketones is 1. The van der Waals surface area contributed by atoms with E-state index in [1.807, 2.05) is 47.7 Å². The molecule has 0 spiro atoms. The number of fused-ring (bicyclic) bond motifs is 3. The summed E-state index contributed by atoms with van der Waals surface area (Å²) in [5.41, 5.74) is 7.54. The largest absolute Gasteiger partial charge is 0.512 e. The zero-order chi connectivity index (χ0) is 32.2. The number of nitrogens with zero attached hydrogens (tertiary/aromatic N) is 1. The summed E-state index contributed by atoms with van der Waals surface area (Å²) >= 11 is 0. The van der Waals surface area contributed by atoms with Gasteiger partial charge in [0.15, 0.2) is 5.78 Å². The van der Waals surface area contributed by atoms with Crippen LogP contribution >= 0.6 is 0 Å². The molecule has 0 saturated heterocycles. The molecule has 4 aromatic carbocycles. The number of aliphatic hydroxyl groups is 1. The number of carbonyl (C=O) groups excluding carboxylic acids is 1. The van der Waals surface area contributed by atoms with E-state index in [9.17, 15) is 9.90 Å². The van der Waals surface area contributed by atoms with Crippen molar-refractivity contribution in [3.63, 3.8) is 0 Å². The standard InChI is InChI=1S/C28H22N.C13H24O2.Ir/c1-18-14-19(2)16-23(15-18)28-27-22(12-13-29-28)17-25(21-9-5-4-6-10-21)26-20(3)8-7-11-24(26)27;1-7-12(3,4)10(14)9-11(15)13(5,6)8-2;/h4-15,17H,1-3H3;9,14H,7-8H2,1-6H3;/q-1;;/b;10-9-;. The Kier molecular flexibility index (Phi) is 11.7. The van der Waals surface area contributed by atoms with E-state index in [-0.39, 0.29) is 42.5 Å². The van der Waals surface area contributed by atoms with Gasteiger partial charge in [-0.05, 0) is 75.8 Å². The predicted octanol–water partition coefficient (Wildman–Crippen LogP) is 11.3. The summed E-state index contributed by atoms with van der Waals surface area (Å²) in [6.07, 6.45) is 4.91. The molecular formula is C41H46IrNO2-. The van der Waals surface area contributed by atoms with Crippen LogP contribution in [0, 0.1) is 37.7 Å². The number of aliphatic hydroxyl groups excluding tert-OH is 1. The minimum Gasteiger partial charge on any atom is -0.512 e. The molecule has 0 aliphatic carbocycles. The van der Waals surface area contributed by atoms with Crippen LogP contribution in [0.4, 0.5) is 0 Å². The third-order valence-electron chi connectivity index (χ3n) is 8.98. The number of hydrogen-bond donors (Lipinski definition) is 1. The van der Waals surface area contributed by atoms with Gasteiger partial charge in [0.1, 0.15) is 5.76 Å². The Morgan fingerprint density at radius 3 is 2.13 bits per heavy atom. The summed E-state index contributed by atoms with van der Waals surface area (Å²) in [4.78, 5) is 16.6. The van der Waals surface area contributed by atoms with Crippen molar-refractivity contribution in [2.45, 2.75) is 75.2 Å². The summed E-state index contributed by atoms with van der Waals surface area (Å²) in [5, 5.41) is 14.8. The first kappa shape index (κ1) is 35.9. The number of aryl methyl sites for hydroxylation is 3. The van der Waals surface area contributed by atoms with Gasteiger partial charge in [-0.1, -0.05) is 104 Å². The van der Waals surface area contributed by atoms with E-state index in [1.54, 1.807) is 0 Å². The molecule has 237 valence electrons. The second kappa shape index (κ2) is 14.7. The van der Waals surface area contributed by atoms with E-state index in [0.29, 0.717) is 0 Å². The molecular weight excluding hydrogens is 731 g/mol. The van der Waals surface area contributed by atoms with Gasteiger partial charge in [-0.3, -0.25) is 4.79 Å². The van der Waals surface area contributed by atoms with Gasteiger partial charge in [-0.25, -0.2) is 0 Å². The molecule has 1 N–H and O–H groups in total. The Morgan fingerprint density at radius 1 is 0.844 bits per heavy atom. The van der Waals surface area contributed by atoms with E-state index in [2.05, 4.69) is 99.6 Å². The number of benzene rings is 4. The van der Waals surface area contributed by atoms with Gasteiger partial charge < -0.3 is 10.1 Å². The maximum absolute atomic E-state index is 11.8. The number of carbonyl (C=O) groups is 1. The third-order valence-corrected chi connectivity index (χ3v) is 8.98. The average molecular weight is 777 g/mol. The molecule has 1 heterocycles. The summed E-state index contributed by atoms with van der Waals surface area (Å²) in [6.45, 7) is 18.1. The van der Waals surface area contributed by atoms with Crippen molar-refractivity contribution in [1.29, 1.82) is 0 Å². The number of allylic oxidation sites excluding steroid dienone is 2. The summed E-state index contributed by atoms with van der Waals surface area (Å²) < 4.78 is 0. The fourth-order valence-corrected chi connectivity index (χ4v) is 5.28. The first-order valence-electron chi connectivity index (χ1n) is 15.6. The maximum atomic E-state index is 11.8. The molecule has 3 nitrogen and oxygen atoms in total. The van der Waals surface area contributed by atoms with E-state index < -0.39 is 0 Å². The molecule has 0 unspecified atom stereocenters. The predicted molar refractivity (Wildman–Crippen MR) is 187 cm³/mol. The molecule has 1 radical (unpaired) electrons. The van der Waals surface area contributed by atoms with Crippen LogP contribution < -0.4 is 0 Å². The first-order chi connectivity index (χ1) is 20.8. The molecule has 0 saturated carbocycles. The van der Waals surface area contributed by atoms with Gasteiger partial charge in [0.2, 0.25) is 0 Å². The molecule has 0 amide bonds. The molecule has 5 aromatic rings. The average Bonchev–Trinajstić information content (AvgIpc) is 3.00. The smallest absolute Gasteiger partial charge is 0.164 e. The number of rotatable bonds is 7. The SMILES string of the molecule is CCC(C)(C)C(=O)/C=C(\O)C(C)(C)CC.Cc1[c-]c(-c2nccc3cc(-c4ccccc4)c4c(C)cccc4c23)cc(C)c1.[Ir]. The van der Waals surface area contributed by atoms with Crippen LogP contribution in [-0.2, 0) is 24.9 Å². The Bertz CT molecular complexity index is 1810. The fraction of sp³-hybridized carbons (Fsp3) is 0.317. The molecule has 0 fully saturated rings. The van der Waals surface area contributed by atoms with Gasteiger partial charge in [0.05, 0.1) is 0 Å². The minimum absolute atomic E-state index is 0. The van der Waals surface area contributed by atoms with Crippen molar-refractivity contribution in [3.05, 3.63) is 114 Å². The number of aromatic nitrogens is 1. The van der Waals surface area contributed by atoms with E-state index in [1.165, 1.54) is 49.9 Å². The quantitative estimate of drug-likeness (QED) is 0.0775. The van der Waals surface area contributed by atoms with E-state index in [4.69, 9.17) is 4.98 Å². The minimum atomic E-state index is -0.377. The van der Waals surface area contributed by atoms with E-state index in [0.717, 1.165) is 29.7 Å². The molecule has 0 aliphatic rings. The molecule has 0 aliphatic heterocycles. The van der Waals surface area contributed by atoms with Gasteiger partial charge in [-0.2, -0.15) is 0 Å². The molecule has 1 aromatic heterocycles. The van der Waals surface area contributed by atoms with Crippen LogP contribution in [-0.4, -0.2) is 15.9 Å². The van der Waals surface area contributed by atoms with Crippen molar-refractivity contribution in [2.75, 3.05) is 0 Å². The molecule has 45 heavy (non-hydrogen) atoms. The molecule has 4 heteroatoms. The summed E-state index contributed by atoms with van der Waals surface area (Å²) in [6, 6.07) is 29.5. The zero-order valence-electron chi connectivity index (χ0n) is 28.1. The summed E-state index contributed by atoms with van der Waals surface area (Å²) in [5.74, 6) is 0.195. The summed E-state index contributed by atoms with van der Waals surface area (Å²) in [7, 11) is 0. The van der Waals surface area contributed by atoms with Crippen molar-refractivity contribution in [3.8, 4) is 22.4 Å². The van der Waals surface area contributed by atoms with Crippen molar-refractivity contribution in [2.24, 2.45) is 10.8 Å². The van der Waals surface area contributed by atoms with Crippen molar-refractivity contribution >= 4 is 27.3 Å². The maximum Gasteiger partial charge on any atom is 0.164 e. The van der Waals surface area contributed by atoms with Gasteiger partial charge in [0.25, 0.3) is 0 Å². The van der Waals surface area contributed by atoms with Crippen molar-refractivity contribution in [1.82, 2.24) is 4.98 Å². The van der Waals surface area contributed by atoms with Crippen molar-refractivity contribution < 1.29 is 30.0 Å². The Hall–Kier alpha value is -3.59. The van der Waals surface area contributed by atoms with Crippen LogP contribution in [0.25, 0.3) is 43.9 Å². The Morgan fingerprint density at radius 2 is 1.51 bits per heavy atom. The number of pyridine rings is 1. The van der Waals surface area contributed by atoms with Crippen LogP contribution in [0.2, 0.25) is 0 Å². The van der Waals surface area contributed by atoms with Crippen LogP contribution in [0.3, 0.4) is 0 Å². The van der Waals surface area contributed by atoms with Gasteiger partial charge in [-0.15, -0.1) is 34.9 Å². The second-order valence-corrected chi connectivity index (χ2v) is 13.2. The van der Waals surface area contributed by atoms with Crippen LogP contribution in [0.1, 0.15) is 71.1 Å². The number of hydrogen-bond acceptors (Lipinski definition) is 3. The zero-order valence-corrected chi connectivity index (χ0v) is 30.5. The van der Waals surface area contributed by atoms with Crippen LogP contribution in [0.15, 0.2) is 90.8 Å². The fourth-order valence-electron chi connectivity index (χ4n) is 5.28. The first-order valence-corrected chi connectivity index (χ1v) is 15.6. The van der Waals surface area contributed by atoms with E-state index >= 15 is 0 Å². The normalized spacial score (nSPS) is 12.0. The molecule has 0 bridgehead atoms.